The number of carbonyl (C=O) groups is 1. The lowest BCUT2D eigenvalue weighted by molar-refractivity contribution is -0.150. The van der Waals surface area contributed by atoms with E-state index in [1.54, 1.807) is 12.1 Å². The van der Waals surface area contributed by atoms with Crippen molar-refractivity contribution in [2.24, 2.45) is 0 Å². The van der Waals surface area contributed by atoms with Crippen LogP contribution < -0.4 is 5.32 Å². The minimum Gasteiger partial charge on any atom is -0.458 e. The van der Waals surface area contributed by atoms with E-state index in [0.29, 0.717) is 34.7 Å². The molecule has 5 rings (SSSR count). The lowest BCUT2D eigenvalue weighted by atomic mass is 10.1. The molecule has 0 bridgehead atoms. The third-order valence-electron chi connectivity index (χ3n) is 5.50. The lowest BCUT2D eigenvalue weighted by Crippen LogP contribution is -2.48. The van der Waals surface area contributed by atoms with Crippen LogP contribution in [0.3, 0.4) is 0 Å². The Bertz CT molecular complexity index is 1400. The van der Waals surface area contributed by atoms with Crippen LogP contribution in [-0.4, -0.2) is 45.0 Å². The molecule has 0 saturated carbocycles. The molecule has 3 heterocycles. The first-order valence-corrected chi connectivity index (χ1v) is 13.7. The summed E-state index contributed by atoms with van der Waals surface area (Å²) < 4.78 is 42.0. The minimum absolute atomic E-state index is 0.0260. The fourth-order valence-corrected chi connectivity index (χ4v) is 6.98. The monoisotopic (exact) mass is 515 g/mol. The van der Waals surface area contributed by atoms with Crippen LogP contribution in [0, 0.1) is 0 Å². The zero-order valence-electron chi connectivity index (χ0n) is 18.0. The maximum Gasteiger partial charge on any atom is 0.324 e. The van der Waals surface area contributed by atoms with Crippen LogP contribution in [0.5, 0.6) is 0 Å². The van der Waals surface area contributed by atoms with Gasteiger partial charge in [0.15, 0.2) is 5.13 Å². The van der Waals surface area contributed by atoms with Crippen LogP contribution in [0.2, 0.25) is 0 Å². The second-order valence-electron chi connectivity index (χ2n) is 7.76. The van der Waals surface area contributed by atoms with Crippen LogP contribution in [0.15, 0.2) is 58.8 Å². The maximum atomic E-state index is 13.5. The summed E-state index contributed by atoms with van der Waals surface area (Å²) >= 11 is 2.36. The maximum absolute atomic E-state index is 13.5. The molecule has 176 valence electrons. The average Bonchev–Trinajstić information content (AvgIpc) is 3.52. The number of rotatable bonds is 7. The van der Waals surface area contributed by atoms with Gasteiger partial charge in [-0.2, -0.15) is 13.1 Å². The van der Waals surface area contributed by atoms with E-state index in [4.69, 9.17) is 4.74 Å². The number of fused-ring (bicyclic) bond motifs is 1. The lowest BCUT2D eigenvalue weighted by Gasteiger charge is -2.32. The molecular weight excluding hydrogens is 494 g/mol. The van der Waals surface area contributed by atoms with Crippen molar-refractivity contribution in [3.63, 3.8) is 0 Å². The van der Waals surface area contributed by atoms with Gasteiger partial charge in [-0.05, 0) is 43.5 Å². The molecule has 1 unspecified atom stereocenters. The van der Waals surface area contributed by atoms with Crippen molar-refractivity contribution in [1.29, 1.82) is 0 Å². The summed E-state index contributed by atoms with van der Waals surface area (Å²) in [6.45, 7) is 0.222. The van der Waals surface area contributed by atoms with Crippen molar-refractivity contribution in [2.45, 2.75) is 36.8 Å². The van der Waals surface area contributed by atoms with E-state index >= 15 is 0 Å². The third kappa shape index (κ3) is 4.67. The number of thiazole rings is 1. The molecule has 0 spiro atoms. The molecule has 1 atom stereocenters. The van der Waals surface area contributed by atoms with Crippen LogP contribution >= 0.6 is 23.1 Å². The van der Waals surface area contributed by atoms with Crippen LogP contribution in [0.25, 0.3) is 11.0 Å². The fraction of sp³-hybridized carbons (Fsp3) is 0.273. The van der Waals surface area contributed by atoms with Crippen LogP contribution in [0.4, 0.5) is 10.8 Å². The number of hydrogen-bond donors (Lipinski definition) is 1. The summed E-state index contributed by atoms with van der Waals surface area (Å²) in [6.07, 6.45) is 1.83. The number of benzene rings is 2. The normalized spacial score (nSPS) is 17.0. The van der Waals surface area contributed by atoms with Gasteiger partial charge in [-0.25, -0.2) is 13.4 Å². The Kier molecular flexibility index (Phi) is 6.55. The predicted molar refractivity (Wildman–Crippen MR) is 131 cm³/mol. The summed E-state index contributed by atoms with van der Waals surface area (Å²) in [7, 11) is -3.95. The minimum atomic E-state index is -3.95. The number of para-hydroxylation sites is 1. The molecule has 1 N–H and O–H groups in total. The SMILES string of the molecule is O=C(OCc1csc(Nc2ccccc2)n1)C1CCCCN1S(=O)(=O)c1cccc2nsnc12. The zero-order valence-corrected chi connectivity index (χ0v) is 20.4. The van der Waals surface area contributed by atoms with Gasteiger partial charge in [-0.15, -0.1) is 11.3 Å². The summed E-state index contributed by atoms with van der Waals surface area (Å²) in [5, 5.41) is 5.70. The van der Waals surface area contributed by atoms with Gasteiger partial charge in [0.1, 0.15) is 28.6 Å². The summed E-state index contributed by atoms with van der Waals surface area (Å²) in [6, 6.07) is 13.6. The summed E-state index contributed by atoms with van der Waals surface area (Å²) in [4.78, 5) is 17.5. The number of nitrogens with zero attached hydrogens (tertiary/aromatic N) is 4. The first-order chi connectivity index (χ1) is 16.5. The number of hydrogen-bond acceptors (Lipinski definition) is 10. The Balaban J connectivity index is 1.29. The predicted octanol–water partition coefficient (Wildman–Crippen LogP) is 4.18. The van der Waals surface area contributed by atoms with Gasteiger partial charge in [0, 0.05) is 17.6 Å². The van der Waals surface area contributed by atoms with E-state index in [-0.39, 0.29) is 18.0 Å². The van der Waals surface area contributed by atoms with Gasteiger partial charge in [0.05, 0.1) is 17.4 Å². The Morgan fingerprint density at radius 1 is 1.12 bits per heavy atom. The molecule has 1 aliphatic rings. The molecule has 0 aliphatic carbocycles. The molecule has 1 saturated heterocycles. The quantitative estimate of drug-likeness (QED) is 0.365. The van der Waals surface area contributed by atoms with E-state index < -0.39 is 22.0 Å². The zero-order chi connectivity index (χ0) is 23.5. The number of nitrogens with one attached hydrogen (secondary N) is 1. The Labute approximate surface area is 204 Å². The molecule has 2 aromatic heterocycles. The highest BCUT2D eigenvalue weighted by atomic mass is 32.2. The molecule has 4 aromatic rings. The Morgan fingerprint density at radius 2 is 1.97 bits per heavy atom. The Morgan fingerprint density at radius 3 is 2.82 bits per heavy atom. The van der Waals surface area contributed by atoms with Crippen molar-refractivity contribution in [2.75, 3.05) is 11.9 Å². The summed E-state index contributed by atoms with van der Waals surface area (Å²) in [5.74, 6) is -0.572. The number of sulfonamides is 1. The number of piperidine rings is 1. The summed E-state index contributed by atoms with van der Waals surface area (Å²) in [5.41, 5.74) is 2.35. The Hall–Kier alpha value is -2.93. The van der Waals surface area contributed by atoms with Crippen LogP contribution in [-0.2, 0) is 26.2 Å². The molecule has 1 fully saturated rings. The number of ether oxygens (including phenoxy) is 1. The molecule has 1 aliphatic heterocycles. The molecular formula is C22H21N5O4S3. The highest BCUT2D eigenvalue weighted by Crippen LogP contribution is 2.30. The van der Waals surface area contributed by atoms with Crippen molar-refractivity contribution < 1.29 is 17.9 Å². The molecule has 9 nitrogen and oxygen atoms in total. The first kappa shape index (κ1) is 22.8. The van der Waals surface area contributed by atoms with E-state index in [2.05, 4.69) is 19.0 Å². The highest BCUT2D eigenvalue weighted by Gasteiger charge is 2.39. The van der Waals surface area contributed by atoms with Gasteiger partial charge < -0.3 is 10.1 Å². The number of aromatic nitrogens is 3. The largest absolute Gasteiger partial charge is 0.458 e. The smallest absolute Gasteiger partial charge is 0.324 e. The number of carbonyl (C=O) groups excluding carboxylic acids is 1. The number of esters is 1. The molecule has 12 heteroatoms. The van der Waals surface area contributed by atoms with E-state index in [9.17, 15) is 13.2 Å². The van der Waals surface area contributed by atoms with Gasteiger partial charge >= 0.3 is 5.97 Å². The molecule has 0 radical (unpaired) electrons. The van der Waals surface area contributed by atoms with Gasteiger partial charge in [0.25, 0.3) is 0 Å². The highest BCUT2D eigenvalue weighted by molar-refractivity contribution is 7.89. The van der Waals surface area contributed by atoms with Crippen molar-refractivity contribution in [3.8, 4) is 0 Å². The van der Waals surface area contributed by atoms with Crippen LogP contribution in [0.1, 0.15) is 25.0 Å². The van der Waals surface area contributed by atoms with Gasteiger partial charge in [0.2, 0.25) is 10.0 Å². The van der Waals surface area contributed by atoms with Crippen molar-refractivity contribution in [3.05, 3.63) is 59.6 Å². The fourth-order valence-electron chi connectivity index (χ4n) is 3.86. The van der Waals surface area contributed by atoms with Gasteiger partial charge in [-0.1, -0.05) is 24.3 Å². The first-order valence-electron chi connectivity index (χ1n) is 10.7. The van der Waals surface area contributed by atoms with E-state index in [0.717, 1.165) is 23.8 Å². The second-order valence-corrected chi connectivity index (χ2v) is 11.0. The topological polar surface area (TPSA) is 114 Å². The van der Waals surface area contributed by atoms with Gasteiger partial charge in [-0.3, -0.25) is 4.79 Å². The number of anilines is 2. The van der Waals surface area contributed by atoms with Crippen molar-refractivity contribution in [1.82, 2.24) is 18.0 Å². The molecule has 0 amide bonds. The van der Waals surface area contributed by atoms with E-state index in [1.807, 2.05) is 35.7 Å². The van der Waals surface area contributed by atoms with Crippen molar-refractivity contribution >= 4 is 60.9 Å². The molecule has 2 aromatic carbocycles. The standard InChI is InChI=1S/C22H21N5O4S3/c28-21(31-13-16-14-32-22(24-16)23-15-7-2-1-3-8-15)18-10-4-5-12-27(18)34(29,30)19-11-6-9-17-20(19)26-33-25-17/h1-3,6-9,11,14,18H,4-5,10,12-13H2,(H,23,24). The third-order valence-corrected chi connectivity index (χ3v) is 8.79. The second kappa shape index (κ2) is 9.74. The molecule has 34 heavy (non-hydrogen) atoms. The average molecular weight is 516 g/mol. The van der Waals surface area contributed by atoms with E-state index in [1.165, 1.54) is 21.7 Å².